The molecular formula is C11H8ClNO3. The molecule has 0 bridgehead atoms. The van der Waals surface area contributed by atoms with Crippen LogP contribution in [0.5, 0.6) is 0 Å². The molecule has 2 N–H and O–H groups in total. The van der Waals surface area contributed by atoms with Gasteiger partial charge in [-0.15, -0.1) is 0 Å². The van der Waals surface area contributed by atoms with E-state index in [9.17, 15) is 9.59 Å². The Labute approximate surface area is 96.2 Å². The van der Waals surface area contributed by atoms with E-state index in [1.54, 1.807) is 18.2 Å². The van der Waals surface area contributed by atoms with Gasteiger partial charge in [0.2, 0.25) is 5.91 Å². The lowest BCUT2D eigenvalue weighted by molar-refractivity contribution is -0.140. The first kappa shape index (κ1) is 9.66. The number of amides is 1. The topological polar surface area (TPSA) is 66.4 Å². The Kier molecular flexibility index (Phi) is 1.67. The molecular weight excluding hydrogens is 230 g/mol. The highest BCUT2D eigenvalue weighted by Crippen LogP contribution is 2.60. The number of rotatable bonds is 1. The number of aliphatic carboxylic acids is 1. The number of hydrogen-bond acceptors (Lipinski definition) is 2. The summed E-state index contributed by atoms with van der Waals surface area (Å²) in [4.78, 5) is 22.8. The van der Waals surface area contributed by atoms with Crippen molar-refractivity contribution in [2.75, 3.05) is 5.32 Å². The zero-order valence-corrected chi connectivity index (χ0v) is 8.91. The summed E-state index contributed by atoms with van der Waals surface area (Å²) in [5, 5.41) is 12.1. The first-order chi connectivity index (χ1) is 7.57. The number of carbonyl (C=O) groups is 2. The van der Waals surface area contributed by atoms with Crippen molar-refractivity contribution in [2.45, 2.75) is 11.8 Å². The van der Waals surface area contributed by atoms with Crippen LogP contribution in [0.25, 0.3) is 0 Å². The summed E-state index contributed by atoms with van der Waals surface area (Å²) in [6.45, 7) is 0. The number of benzene rings is 1. The summed E-state index contributed by atoms with van der Waals surface area (Å²) in [7, 11) is 0. The van der Waals surface area contributed by atoms with Gasteiger partial charge in [-0.2, -0.15) is 0 Å². The third-order valence-corrected chi connectivity index (χ3v) is 3.71. The van der Waals surface area contributed by atoms with Crippen LogP contribution in [-0.2, 0) is 15.0 Å². The van der Waals surface area contributed by atoms with Crippen molar-refractivity contribution < 1.29 is 14.7 Å². The molecule has 3 rings (SSSR count). The number of anilines is 1. The third-order valence-electron chi connectivity index (χ3n) is 3.40. The van der Waals surface area contributed by atoms with Gasteiger partial charge in [0, 0.05) is 0 Å². The molecule has 2 unspecified atom stereocenters. The van der Waals surface area contributed by atoms with Gasteiger partial charge in [0.1, 0.15) is 0 Å². The molecule has 1 saturated carbocycles. The maximum absolute atomic E-state index is 11.8. The van der Waals surface area contributed by atoms with Crippen LogP contribution >= 0.6 is 11.6 Å². The van der Waals surface area contributed by atoms with Gasteiger partial charge in [0.05, 0.1) is 22.0 Å². The van der Waals surface area contributed by atoms with Gasteiger partial charge in [-0.05, 0) is 18.1 Å². The Balaban J connectivity index is 2.16. The first-order valence-corrected chi connectivity index (χ1v) is 5.28. The third kappa shape index (κ3) is 0.950. The van der Waals surface area contributed by atoms with Crippen LogP contribution in [0.3, 0.4) is 0 Å². The molecule has 1 aliphatic heterocycles. The van der Waals surface area contributed by atoms with Gasteiger partial charge < -0.3 is 10.4 Å². The number of fused-ring (bicyclic) bond motifs is 2. The standard InChI is InChI=1S/C11H8ClNO3/c12-7-3-1-2-5-8(7)13-10(16)11(5)4-6(11)9(14)15/h1-3,6H,4H2,(H,13,16)(H,14,15). The van der Waals surface area contributed by atoms with Gasteiger partial charge in [-0.25, -0.2) is 0 Å². The lowest BCUT2D eigenvalue weighted by atomic mass is 9.95. The number of carboxylic acids is 1. The molecule has 0 aromatic heterocycles. The fraction of sp³-hybridized carbons (Fsp3) is 0.273. The lowest BCUT2D eigenvalue weighted by Crippen LogP contribution is -2.24. The maximum atomic E-state index is 11.8. The normalized spacial score (nSPS) is 30.1. The molecule has 0 radical (unpaired) electrons. The Morgan fingerprint density at radius 1 is 1.56 bits per heavy atom. The molecule has 2 aliphatic rings. The molecule has 1 fully saturated rings. The van der Waals surface area contributed by atoms with E-state index in [0.29, 0.717) is 17.1 Å². The second kappa shape index (κ2) is 2.77. The number of carboxylic acid groups (broad SMARTS) is 1. The average Bonchev–Trinajstić information content (AvgIpc) is 2.90. The Morgan fingerprint density at radius 3 is 2.94 bits per heavy atom. The Bertz CT molecular complexity index is 528. The van der Waals surface area contributed by atoms with E-state index in [0.717, 1.165) is 5.56 Å². The van der Waals surface area contributed by atoms with E-state index < -0.39 is 17.3 Å². The van der Waals surface area contributed by atoms with Crippen LogP contribution < -0.4 is 5.32 Å². The molecule has 2 atom stereocenters. The van der Waals surface area contributed by atoms with E-state index in [-0.39, 0.29) is 5.91 Å². The second-order valence-electron chi connectivity index (χ2n) is 4.18. The fourth-order valence-electron chi connectivity index (χ4n) is 2.48. The summed E-state index contributed by atoms with van der Waals surface area (Å²) in [5.74, 6) is -1.79. The summed E-state index contributed by atoms with van der Waals surface area (Å²) < 4.78 is 0. The van der Waals surface area contributed by atoms with E-state index >= 15 is 0 Å². The van der Waals surface area contributed by atoms with E-state index in [4.69, 9.17) is 16.7 Å². The van der Waals surface area contributed by atoms with Crippen molar-refractivity contribution >= 4 is 29.2 Å². The van der Waals surface area contributed by atoms with E-state index in [1.165, 1.54) is 0 Å². The SMILES string of the molecule is O=C(O)C1CC12C(=O)Nc1c(Cl)cccc12. The molecule has 1 spiro atoms. The molecule has 1 aromatic rings. The molecule has 1 aliphatic carbocycles. The molecule has 5 heteroatoms. The van der Waals surface area contributed by atoms with Crippen molar-refractivity contribution in [1.29, 1.82) is 0 Å². The summed E-state index contributed by atoms with van der Waals surface area (Å²) in [5.41, 5.74) is 0.418. The monoisotopic (exact) mass is 237 g/mol. The van der Waals surface area contributed by atoms with Crippen LogP contribution in [0.1, 0.15) is 12.0 Å². The average molecular weight is 238 g/mol. The van der Waals surface area contributed by atoms with Gasteiger partial charge in [0.25, 0.3) is 0 Å². The number of nitrogens with one attached hydrogen (secondary N) is 1. The van der Waals surface area contributed by atoms with Gasteiger partial charge in [0.15, 0.2) is 0 Å². The summed E-state index contributed by atoms with van der Waals surface area (Å²) in [6, 6.07) is 5.18. The number of hydrogen-bond donors (Lipinski definition) is 2. The van der Waals surface area contributed by atoms with Crippen molar-refractivity contribution in [1.82, 2.24) is 0 Å². The highest BCUT2D eigenvalue weighted by Gasteiger charge is 2.68. The maximum Gasteiger partial charge on any atom is 0.307 e. The Morgan fingerprint density at radius 2 is 2.31 bits per heavy atom. The van der Waals surface area contributed by atoms with Crippen LogP contribution in [-0.4, -0.2) is 17.0 Å². The van der Waals surface area contributed by atoms with Crippen LogP contribution in [0, 0.1) is 5.92 Å². The number of carbonyl (C=O) groups excluding carboxylic acids is 1. The minimum Gasteiger partial charge on any atom is -0.481 e. The molecule has 1 amide bonds. The highest BCUT2D eigenvalue weighted by molar-refractivity contribution is 6.35. The molecule has 1 heterocycles. The van der Waals surface area contributed by atoms with Gasteiger partial charge in [-0.1, -0.05) is 23.7 Å². The smallest absolute Gasteiger partial charge is 0.307 e. The number of halogens is 1. The van der Waals surface area contributed by atoms with Gasteiger partial charge >= 0.3 is 5.97 Å². The second-order valence-corrected chi connectivity index (χ2v) is 4.59. The zero-order valence-electron chi connectivity index (χ0n) is 8.16. The summed E-state index contributed by atoms with van der Waals surface area (Å²) >= 11 is 5.96. The van der Waals surface area contributed by atoms with Crippen LogP contribution in [0.15, 0.2) is 18.2 Å². The van der Waals surface area contributed by atoms with E-state index in [1.807, 2.05) is 0 Å². The van der Waals surface area contributed by atoms with Crippen molar-refractivity contribution in [2.24, 2.45) is 5.92 Å². The lowest BCUT2D eigenvalue weighted by Gasteiger charge is -2.05. The first-order valence-electron chi connectivity index (χ1n) is 4.90. The molecule has 82 valence electrons. The number of para-hydroxylation sites is 1. The predicted molar refractivity (Wildman–Crippen MR) is 57.5 cm³/mol. The van der Waals surface area contributed by atoms with Crippen molar-refractivity contribution in [3.05, 3.63) is 28.8 Å². The van der Waals surface area contributed by atoms with Crippen molar-refractivity contribution in [3.63, 3.8) is 0 Å². The Hall–Kier alpha value is -1.55. The van der Waals surface area contributed by atoms with Crippen LogP contribution in [0.4, 0.5) is 5.69 Å². The molecule has 1 aromatic carbocycles. The van der Waals surface area contributed by atoms with Crippen LogP contribution in [0.2, 0.25) is 5.02 Å². The summed E-state index contributed by atoms with van der Waals surface area (Å²) in [6.07, 6.45) is 0.363. The minimum absolute atomic E-state index is 0.247. The predicted octanol–water partition coefficient (Wildman–Crippen LogP) is 1.63. The van der Waals surface area contributed by atoms with E-state index in [2.05, 4.69) is 5.32 Å². The molecule has 16 heavy (non-hydrogen) atoms. The molecule has 0 saturated heterocycles. The van der Waals surface area contributed by atoms with Crippen molar-refractivity contribution in [3.8, 4) is 0 Å². The highest BCUT2D eigenvalue weighted by atomic mass is 35.5. The van der Waals surface area contributed by atoms with Gasteiger partial charge in [-0.3, -0.25) is 9.59 Å². The zero-order chi connectivity index (χ0) is 11.5. The fourth-order valence-corrected chi connectivity index (χ4v) is 2.70. The quantitative estimate of drug-likeness (QED) is 0.780. The minimum atomic E-state index is -0.928. The largest absolute Gasteiger partial charge is 0.481 e. The molecule has 4 nitrogen and oxygen atoms in total.